The van der Waals surface area contributed by atoms with Crippen LogP contribution in [0.2, 0.25) is 0 Å². The minimum atomic E-state index is -0.474. The number of amides is 1. The van der Waals surface area contributed by atoms with Crippen LogP contribution in [-0.2, 0) is 4.79 Å². The molecule has 0 saturated carbocycles. The van der Waals surface area contributed by atoms with Crippen molar-refractivity contribution in [2.45, 2.75) is 5.16 Å². The van der Waals surface area contributed by atoms with Gasteiger partial charge >= 0.3 is 0 Å². The molecule has 0 atom stereocenters. The third-order valence-corrected chi connectivity index (χ3v) is 4.28. The van der Waals surface area contributed by atoms with Crippen LogP contribution in [0.25, 0.3) is 5.69 Å². The van der Waals surface area contributed by atoms with Gasteiger partial charge in [0.1, 0.15) is 17.9 Å². The van der Waals surface area contributed by atoms with Crippen LogP contribution in [0, 0.1) is 5.82 Å². The van der Waals surface area contributed by atoms with E-state index in [9.17, 15) is 9.18 Å². The third-order valence-electron chi connectivity index (χ3n) is 3.34. The number of carbonyl (C=O) groups excluding carboxylic acids is 1. The van der Waals surface area contributed by atoms with Crippen LogP contribution in [0.3, 0.4) is 0 Å². The van der Waals surface area contributed by atoms with Gasteiger partial charge in [0, 0.05) is 0 Å². The summed E-state index contributed by atoms with van der Waals surface area (Å²) in [6.45, 7) is 0. The Bertz CT molecular complexity index is 884. The van der Waals surface area contributed by atoms with Crippen molar-refractivity contribution in [1.82, 2.24) is 14.8 Å². The number of thioether (sulfide) groups is 1. The van der Waals surface area contributed by atoms with E-state index in [-0.39, 0.29) is 17.3 Å². The van der Waals surface area contributed by atoms with Gasteiger partial charge in [-0.3, -0.25) is 9.36 Å². The van der Waals surface area contributed by atoms with Gasteiger partial charge in [-0.05, 0) is 24.3 Å². The number of halogens is 1. The van der Waals surface area contributed by atoms with Crippen molar-refractivity contribution in [2.24, 2.45) is 0 Å². The largest absolute Gasteiger partial charge is 0.495 e. The van der Waals surface area contributed by atoms with Crippen LogP contribution in [0.4, 0.5) is 10.1 Å². The Morgan fingerprint density at radius 1 is 1.24 bits per heavy atom. The Morgan fingerprint density at radius 3 is 2.80 bits per heavy atom. The van der Waals surface area contributed by atoms with Gasteiger partial charge in [0.15, 0.2) is 5.16 Å². The monoisotopic (exact) mass is 358 g/mol. The lowest BCUT2D eigenvalue weighted by molar-refractivity contribution is -0.113. The van der Waals surface area contributed by atoms with E-state index in [1.807, 2.05) is 24.3 Å². The molecule has 0 aliphatic rings. The zero-order valence-electron chi connectivity index (χ0n) is 13.3. The summed E-state index contributed by atoms with van der Waals surface area (Å²) in [5.74, 6) is -0.0648. The Morgan fingerprint density at radius 2 is 2.00 bits per heavy atom. The molecule has 1 amide bonds. The van der Waals surface area contributed by atoms with Crippen molar-refractivity contribution in [3.63, 3.8) is 0 Å². The smallest absolute Gasteiger partial charge is 0.234 e. The minimum Gasteiger partial charge on any atom is -0.495 e. The molecular weight excluding hydrogens is 343 g/mol. The van der Waals surface area contributed by atoms with E-state index in [2.05, 4.69) is 15.5 Å². The predicted octanol–water partition coefficient (Wildman–Crippen LogP) is 3.15. The van der Waals surface area contributed by atoms with Crippen molar-refractivity contribution in [3.05, 3.63) is 60.7 Å². The number of anilines is 1. The Labute approximate surface area is 148 Å². The SMILES string of the molecule is COc1ccccc1-n1cnnc1SCC(=O)Nc1ccccc1F. The number of hydrogen-bond donors (Lipinski definition) is 1. The number of nitrogens with zero attached hydrogens (tertiary/aromatic N) is 3. The van der Waals surface area contributed by atoms with E-state index in [1.165, 1.54) is 23.9 Å². The summed E-state index contributed by atoms with van der Waals surface area (Å²) in [5.41, 5.74) is 0.923. The molecule has 128 valence electrons. The predicted molar refractivity (Wildman–Crippen MR) is 93.7 cm³/mol. The van der Waals surface area contributed by atoms with E-state index < -0.39 is 5.82 Å². The molecule has 0 spiro atoms. The van der Waals surface area contributed by atoms with Crippen LogP contribution in [-0.4, -0.2) is 33.5 Å². The van der Waals surface area contributed by atoms with E-state index in [0.717, 1.165) is 5.69 Å². The maximum Gasteiger partial charge on any atom is 0.234 e. The summed E-state index contributed by atoms with van der Waals surface area (Å²) in [6, 6.07) is 13.5. The van der Waals surface area contributed by atoms with Gasteiger partial charge < -0.3 is 10.1 Å². The van der Waals surface area contributed by atoms with Crippen molar-refractivity contribution in [2.75, 3.05) is 18.2 Å². The van der Waals surface area contributed by atoms with E-state index >= 15 is 0 Å². The van der Waals surface area contributed by atoms with Crippen LogP contribution in [0.1, 0.15) is 0 Å². The first kappa shape index (κ1) is 17.0. The average molecular weight is 358 g/mol. The summed E-state index contributed by atoms with van der Waals surface area (Å²) in [5, 5.41) is 11.0. The topological polar surface area (TPSA) is 69.0 Å². The molecule has 3 aromatic rings. The van der Waals surface area contributed by atoms with Crippen molar-refractivity contribution >= 4 is 23.4 Å². The first-order valence-corrected chi connectivity index (χ1v) is 8.38. The summed E-state index contributed by atoms with van der Waals surface area (Å²) in [4.78, 5) is 12.1. The number of methoxy groups -OCH3 is 1. The Hall–Kier alpha value is -2.87. The van der Waals surface area contributed by atoms with Crippen LogP contribution < -0.4 is 10.1 Å². The van der Waals surface area contributed by atoms with Gasteiger partial charge in [0.2, 0.25) is 5.91 Å². The minimum absolute atomic E-state index is 0.0716. The van der Waals surface area contributed by atoms with Crippen molar-refractivity contribution in [1.29, 1.82) is 0 Å². The number of hydrogen-bond acceptors (Lipinski definition) is 5. The number of ether oxygens (including phenoxy) is 1. The highest BCUT2D eigenvalue weighted by molar-refractivity contribution is 7.99. The molecule has 0 bridgehead atoms. The molecule has 0 radical (unpaired) electrons. The standard InChI is InChI=1S/C17H15FN4O2S/c1-24-15-9-5-4-8-14(15)22-11-19-21-17(22)25-10-16(23)20-13-7-3-2-6-12(13)18/h2-9,11H,10H2,1H3,(H,20,23). The van der Waals surface area contributed by atoms with Crippen LogP contribution in [0.5, 0.6) is 5.75 Å². The molecule has 1 N–H and O–H groups in total. The maximum absolute atomic E-state index is 13.6. The fourth-order valence-electron chi connectivity index (χ4n) is 2.20. The van der Waals surface area contributed by atoms with Gasteiger partial charge in [-0.25, -0.2) is 4.39 Å². The first-order chi connectivity index (χ1) is 12.2. The van der Waals surface area contributed by atoms with Gasteiger partial charge in [-0.15, -0.1) is 10.2 Å². The second kappa shape index (κ2) is 7.80. The second-order valence-electron chi connectivity index (χ2n) is 4.97. The molecule has 1 heterocycles. The normalized spacial score (nSPS) is 10.5. The molecule has 3 rings (SSSR count). The Kier molecular flexibility index (Phi) is 5.30. The molecule has 0 fully saturated rings. The van der Waals surface area contributed by atoms with Gasteiger partial charge in [0.05, 0.1) is 24.2 Å². The van der Waals surface area contributed by atoms with Gasteiger partial charge in [-0.1, -0.05) is 36.0 Å². The molecule has 0 aliphatic carbocycles. The number of benzene rings is 2. The van der Waals surface area contributed by atoms with Crippen LogP contribution >= 0.6 is 11.8 Å². The first-order valence-electron chi connectivity index (χ1n) is 7.39. The second-order valence-corrected chi connectivity index (χ2v) is 5.91. The zero-order chi connectivity index (χ0) is 17.6. The van der Waals surface area contributed by atoms with E-state index in [4.69, 9.17) is 4.74 Å². The van der Waals surface area contributed by atoms with Crippen molar-refractivity contribution in [3.8, 4) is 11.4 Å². The fraction of sp³-hybridized carbons (Fsp3) is 0.118. The number of para-hydroxylation sites is 3. The third kappa shape index (κ3) is 3.97. The lowest BCUT2D eigenvalue weighted by Crippen LogP contribution is -2.15. The summed E-state index contributed by atoms with van der Waals surface area (Å²) < 4.78 is 20.6. The summed E-state index contributed by atoms with van der Waals surface area (Å²) in [7, 11) is 1.58. The van der Waals surface area contributed by atoms with E-state index in [1.54, 1.807) is 30.1 Å². The number of aromatic nitrogens is 3. The highest BCUT2D eigenvalue weighted by Crippen LogP contribution is 2.26. The average Bonchev–Trinajstić information content (AvgIpc) is 3.10. The van der Waals surface area contributed by atoms with E-state index in [0.29, 0.717) is 10.9 Å². The van der Waals surface area contributed by atoms with Gasteiger partial charge in [0.25, 0.3) is 0 Å². The maximum atomic E-state index is 13.6. The molecular formula is C17H15FN4O2S. The summed E-state index contributed by atoms with van der Waals surface area (Å²) in [6.07, 6.45) is 1.55. The summed E-state index contributed by atoms with van der Waals surface area (Å²) >= 11 is 1.20. The Balaban J connectivity index is 1.70. The fourth-order valence-corrected chi connectivity index (χ4v) is 2.92. The highest BCUT2D eigenvalue weighted by atomic mass is 32.2. The molecule has 6 nitrogen and oxygen atoms in total. The number of nitrogens with one attached hydrogen (secondary N) is 1. The molecule has 2 aromatic carbocycles. The van der Waals surface area contributed by atoms with Crippen LogP contribution in [0.15, 0.2) is 60.0 Å². The molecule has 25 heavy (non-hydrogen) atoms. The molecule has 0 saturated heterocycles. The molecule has 1 aromatic heterocycles. The lowest BCUT2D eigenvalue weighted by Gasteiger charge is -2.10. The zero-order valence-corrected chi connectivity index (χ0v) is 14.2. The lowest BCUT2D eigenvalue weighted by atomic mass is 10.3. The van der Waals surface area contributed by atoms with Gasteiger partial charge in [-0.2, -0.15) is 0 Å². The molecule has 8 heteroatoms. The quantitative estimate of drug-likeness (QED) is 0.686. The number of rotatable bonds is 6. The van der Waals surface area contributed by atoms with Crippen molar-refractivity contribution < 1.29 is 13.9 Å². The molecule has 0 aliphatic heterocycles. The molecule has 0 unspecified atom stereocenters. The highest BCUT2D eigenvalue weighted by Gasteiger charge is 2.13. The number of carbonyl (C=O) groups is 1.